The lowest BCUT2D eigenvalue weighted by Gasteiger charge is -2.26. The molecule has 0 saturated carbocycles. The van der Waals surface area contributed by atoms with Crippen molar-refractivity contribution in [3.8, 4) is 0 Å². The average molecular weight is 284 g/mol. The van der Waals surface area contributed by atoms with Gasteiger partial charge in [-0.2, -0.15) is 0 Å². The molecular weight excluding hydrogens is 264 g/mol. The summed E-state index contributed by atoms with van der Waals surface area (Å²) in [7, 11) is 0. The van der Waals surface area contributed by atoms with Crippen LogP contribution >= 0.6 is 0 Å². The second kappa shape index (κ2) is 7.15. The summed E-state index contributed by atoms with van der Waals surface area (Å²) in [5, 5.41) is 3.28. The van der Waals surface area contributed by atoms with Gasteiger partial charge in [-0.3, -0.25) is 9.88 Å². The molecule has 1 fully saturated rings. The molecule has 1 aromatic heterocycles. The Labute approximate surface area is 125 Å². The topological polar surface area (TPSA) is 50.3 Å². The first kappa shape index (κ1) is 14.0. The van der Waals surface area contributed by atoms with Gasteiger partial charge in [0.15, 0.2) is 0 Å². The minimum Gasteiger partial charge on any atom is -0.379 e. The first-order valence-electron chi connectivity index (χ1n) is 7.28. The molecule has 110 valence electrons. The van der Waals surface area contributed by atoms with Crippen molar-refractivity contribution in [1.29, 1.82) is 0 Å². The van der Waals surface area contributed by atoms with Gasteiger partial charge in [0.25, 0.3) is 0 Å². The quantitative estimate of drug-likeness (QED) is 0.909. The maximum absolute atomic E-state index is 5.38. The summed E-state index contributed by atoms with van der Waals surface area (Å²) in [5.74, 6) is 0.802. The Morgan fingerprint density at radius 2 is 2.00 bits per heavy atom. The van der Waals surface area contributed by atoms with Crippen LogP contribution < -0.4 is 5.32 Å². The number of morpholine rings is 1. The Hall–Kier alpha value is -1.98. The fourth-order valence-corrected chi connectivity index (χ4v) is 2.44. The molecule has 0 bridgehead atoms. The van der Waals surface area contributed by atoms with Gasteiger partial charge in [0, 0.05) is 38.6 Å². The molecule has 0 amide bonds. The van der Waals surface area contributed by atoms with Crippen molar-refractivity contribution in [2.24, 2.45) is 0 Å². The van der Waals surface area contributed by atoms with Crippen LogP contribution in [0.2, 0.25) is 0 Å². The zero-order valence-corrected chi connectivity index (χ0v) is 12.0. The van der Waals surface area contributed by atoms with Crippen molar-refractivity contribution in [2.75, 3.05) is 31.6 Å². The molecule has 0 unspecified atom stereocenters. The van der Waals surface area contributed by atoms with Crippen LogP contribution in [0.15, 0.2) is 42.9 Å². The molecule has 3 rings (SSSR count). The Balaban J connectivity index is 1.57. The zero-order chi connectivity index (χ0) is 14.3. The summed E-state index contributed by atoms with van der Waals surface area (Å²) in [4.78, 5) is 10.7. The SMILES string of the molecule is c1cc(CNc2cnccn2)cc(CN2CCOCC2)c1. The molecule has 5 heteroatoms. The van der Waals surface area contributed by atoms with Crippen LogP contribution in [0.3, 0.4) is 0 Å². The highest BCUT2D eigenvalue weighted by Crippen LogP contribution is 2.11. The molecule has 21 heavy (non-hydrogen) atoms. The van der Waals surface area contributed by atoms with E-state index >= 15 is 0 Å². The first-order chi connectivity index (χ1) is 10.4. The molecule has 1 N–H and O–H groups in total. The van der Waals surface area contributed by atoms with Crippen LogP contribution in [0.4, 0.5) is 5.82 Å². The molecule has 1 aliphatic rings. The van der Waals surface area contributed by atoms with Crippen molar-refractivity contribution in [1.82, 2.24) is 14.9 Å². The number of anilines is 1. The van der Waals surface area contributed by atoms with E-state index in [1.165, 1.54) is 11.1 Å². The van der Waals surface area contributed by atoms with Gasteiger partial charge in [0.1, 0.15) is 5.82 Å². The Morgan fingerprint density at radius 3 is 2.81 bits per heavy atom. The molecule has 2 heterocycles. The van der Waals surface area contributed by atoms with Crippen molar-refractivity contribution in [2.45, 2.75) is 13.1 Å². The Morgan fingerprint density at radius 1 is 1.14 bits per heavy atom. The van der Waals surface area contributed by atoms with E-state index in [1.54, 1.807) is 18.6 Å². The molecule has 5 nitrogen and oxygen atoms in total. The number of hydrogen-bond donors (Lipinski definition) is 1. The van der Waals surface area contributed by atoms with Gasteiger partial charge in [-0.1, -0.05) is 24.3 Å². The third kappa shape index (κ3) is 4.24. The first-order valence-corrected chi connectivity index (χ1v) is 7.28. The Bertz CT molecular complexity index is 555. The predicted molar refractivity (Wildman–Crippen MR) is 81.9 cm³/mol. The minimum atomic E-state index is 0.760. The summed E-state index contributed by atoms with van der Waals surface area (Å²) in [5.41, 5.74) is 2.60. The smallest absolute Gasteiger partial charge is 0.144 e. The van der Waals surface area contributed by atoms with Gasteiger partial charge in [-0.15, -0.1) is 0 Å². The number of hydrogen-bond acceptors (Lipinski definition) is 5. The average Bonchev–Trinajstić information content (AvgIpc) is 2.55. The highest BCUT2D eigenvalue weighted by atomic mass is 16.5. The third-order valence-electron chi connectivity index (χ3n) is 3.54. The van der Waals surface area contributed by atoms with Crippen LogP contribution in [-0.4, -0.2) is 41.2 Å². The van der Waals surface area contributed by atoms with Crippen molar-refractivity contribution >= 4 is 5.82 Å². The van der Waals surface area contributed by atoms with Gasteiger partial charge in [0.2, 0.25) is 0 Å². The molecule has 0 spiro atoms. The van der Waals surface area contributed by atoms with Crippen molar-refractivity contribution in [3.63, 3.8) is 0 Å². The molecular formula is C16H20N4O. The predicted octanol–water partition coefficient (Wildman–Crippen LogP) is 1.92. The molecule has 1 aliphatic heterocycles. The lowest BCUT2D eigenvalue weighted by molar-refractivity contribution is 0.0342. The monoisotopic (exact) mass is 284 g/mol. The zero-order valence-electron chi connectivity index (χ0n) is 12.0. The van der Waals surface area contributed by atoms with Crippen LogP contribution in [0.5, 0.6) is 0 Å². The Kier molecular flexibility index (Phi) is 4.76. The van der Waals surface area contributed by atoms with Gasteiger partial charge in [-0.05, 0) is 11.1 Å². The summed E-state index contributed by atoms with van der Waals surface area (Å²) >= 11 is 0. The number of nitrogens with zero attached hydrogens (tertiary/aromatic N) is 3. The fraction of sp³-hybridized carbons (Fsp3) is 0.375. The normalized spacial score (nSPS) is 15.8. The number of nitrogens with one attached hydrogen (secondary N) is 1. The fourth-order valence-electron chi connectivity index (χ4n) is 2.44. The van der Waals surface area contributed by atoms with Gasteiger partial charge < -0.3 is 10.1 Å². The number of aromatic nitrogens is 2. The van der Waals surface area contributed by atoms with E-state index in [0.29, 0.717) is 0 Å². The number of benzene rings is 1. The van der Waals surface area contributed by atoms with Crippen molar-refractivity contribution in [3.05, 3.63) is 54.0 Å². The summed E-state index contributed by atoms with van der Waals surface area (Å²) in [6, 6.07) is 8.68. The highest BCUT2D eigenvalue weighted by molar-refractivity contribution is 5.33. The largest absolute Gasteiger partial charge is 0.379 e. The van der Waals surface area contributed by atoms with Crippen molar-refractivity contribution < 1.29 is 4.74 Å². The molecule has 0 aliphatic carbocycles. The summed E-state index contributed by atoms with van der Waals surface area (Å²) < 4.78 is 5.38. The number of ether oxygens (including phenoxy) is 1. The van der Waals surface area contributed by atoms with E-state index in [1.807, 2.05) is 0 Å². The molecule has 0 radical (unpaired) electrons. The lowest BCUT2D eigenvalue weighted by atomic mass is 10.1. The lowest BCUT2D eigenvalue weighted by Crippen LogP contribution is -2.35. The summed E-state index contributed by atoms with van der Waals surface area (Å²) in [6.45, 7) is 5.46. The molecule has 1 saturated heterocycles. The van der Waals surface area contributed by atoms with E-state index in [4.69, 9.17) is 4.74 Å². The standard InChI is InChI=1S/C16H20N4O/c1-2-14(11-19-16-12-17-4-5-18-16)10-15(3-1)13-20-6-8-21-9-7-20/h1-5,10,12H,6-9,11,13H2,(H,18,19). The van der Waals surface area contributed by atoms with E-state index in [9.17, 15) is 0 Å². The third-order valence-corrected chi connectivity index (χ3v) is 3.54. The minimum absolute atomic E-state index is 0.760. The molecule has 2 aromatic rings. The molecule has 1 aromatic carbocycles. The maximum Gasteiger partial charge on any atom is 0.144 e. The van der Waals surface area contributed by atoms with E-state index < -0.39 is 0 Å². The van der Waals surface area contributed by atoms with Crippen LogP contribution in [0.25, 0.3) is 0 Å². The number of rotatable bonds is 5. The van der Waals surface area contributed by atoms with Gasteiger partial charge in [0.05, 0.1) is 19.4 Å². The van der Waals surface area contributed by atoms with Crippen LogP contribution in [0.1, 0.15) is 11.1 Å². The van der Waals surface area contributed by atoms with Gasteiger partial charge in [-0.25, -0.2) is 4.98 Å². The van der Waals surface area contributed by atoms with Crippen LogP contribution in [-0.2, 0) is 17.8 Å². The molecule has 0 atom stereocenters. The summed E-state index contributed by atoms with van der Waals surface area (Å²) in [6.07, 6.45) is 5.10. The van der Waals surface area contributed by atoms with Crippen LogP contribution in [0, 0.1) is 0 Å². The van der Waals surface area contributed by atoms with Gasteiger partial charge >= 0.3 is 0 Å². The van der Waals surface area contributed by atoms with E-state index in [0.717, 1.165) is 45.2 Å². The second-order valence-electron chi connectivity index (χ2n) is 5.15. The highest BCUT2D eigenvalue weighted by Gasteiger charge is 2.10. The second-order valence-corrected chi connectivity index (χ2v) is 5.15. The van der Waals surface area contributed by atoms with E-state index in [-0.39, 0.29) is 0 Å². The maximum atomic E-state index is 5.38. The van der Waals surface area contributed by atoms with E-state index in [2.05, 4.69) is 44.5 Å².